The third kappa shape index (κ3) is 2.99. The number of hydrogen-bond acceptors (Lipinski definition) is 3. The minimum atomic E-state index is -0.422. The predicted molar refractivity (Wildman–Crippen MR) is 78.2 cm³/mol. The monoisotopic (exact) mass is 294 g/mol. The zero-order valence-corrected chi connectivity index (χ0v) is 11.7. The Morgan fingerprint density at radius 2 is 2.20 bits per heavy atom. The molecule has 20 heavy (non-hydrogen) atoms. The number of amides is 1. The minimum Gasteiger partial charge on any atom is -0.308 e. The maximum atomic E-state index is 12.2. The standard InChI is InChI=1S/C14H15ClN2O3/c1-10(8-15)9-16-13-6-5-12(17(19)20)7-11(13)3-2-4-14(16)18/h5-7H,1-4,8-9H2. The van der Waals surface area contributed by atoms with Gasteiger partial charge in [-0.2, -0.15) is 0 Å². The number of halogens is 1. The Balaban J connectivity index is 2.41. The fraction of sp³-hybridized carbons (Fsp3) is 0.357. The lowest BCUT2D eigenvalue weighted by molar-refractivity contribution is -0.384. The van der Waals surface area contributed by atoms with Crippen molar-refractivity contribution in [1.82, 2.24) is 0 Å². The van der Waals surface area contributed by atoms with Gasteiger partial charge in [0.05, 0.1) is 4.92 Å². The molecule has 1 heterocycles. The third-order valence-corrected chi connectivity index (χ3v) is 3.65. The number of fused-ring (bicyclic) bond motifs is 1. The van der Waals surface area contributed by atoms with Crippen LogP contribution in [0.25, 0.3) is 0 Å². The molecular formula is C14H15ClN2O3. The van der Waals surface area contributed by atoms with Gasteiger partial charge in [-0.3, -0.25) is 14.9 Å². The number of nitrogens with zero attached hydrogens (tertiary/aromatic N) is 2. The topological polar surface area (TPSA) is 63.5 Å². The van der Waals surface area contributed by atoms with E-state index in [-0.39, 0.29) is 17.5 Å². The quantitative estimate of drug-likeness (QED) is 0.371. The Hall–Kier alpha value is -1.88. The van der Waals surface area contributed by atoms with Gasteiger partial charge in [0.25, 0.3) is 5.69 Å². The van der Waals surface area contributed by atoms with Crippen molar-refractivity contribution in [2.75, 3.05) is 17.3 Å². The van der Waals surface area contributed by atoms with Crippen molar-refractivity contribution in [3.63, 3.8) is 0 Å². The molecule has 1 aliphatic heterocycles. The molecule has 5 nitrogen and oxygen atoms in total. The second-order valence-corrected chi connectivity index (χ2v) is 5.05. The normalized spacial score (nSPS) is 14.7. The second kappa shape index (κ2) is 6.05. The van der Waals surface area contributed by atoms with Crippen molar-refractivity contribution in [3.8, 4) is 0 Å². The van der Waals surface area contributed by atoms with Crippen LogP contribution in [0, 0.1) is 10.1 Å². The Morgan fingerprint density at radius 3 is 2.85 bits per heavy atom. The maximum absolute atomic E-state index is 12.2. The molecule has 0 radical (unpaired) electrons. The fourth-order valence-electron chi connectivity index (χ4n) is 2.29. The molecule has 0 aliphatic carbocycles. The van der Waals surface area contributed by atoms with Gasteiger partial charge in [-0.25, -0.2) is 0 Å². The van der Waals surface area contributed by atoms with Crippen LogP contribution in [0.2, 0.25) is 0 Å². The van der Waals surface area contributed by atoms with E-state index in [9.17, 15) is 14.9 Å². The van der Waals surface area contributed by atoms with Gasteiger partial charge in [0.2, 0.25) is 5.91 Å². The van der Waals surface area contributed by atoms with Crippen molar-refractivity contribution in [2.45, 2.75) is 19.3 Å². The first-order chi connectivity index (χ1) is 9.52. The van der Waals surface area contributed by atoms with Gasteiger partial charge < -0.3 is 4.90 Å². The Morgan fingerprint density at radius 1 is 1.45 bits per heavy atom. The average Bonchev–Trinajstić information content (AvgIpc) is 2.58. The zero-order valence-electron chi connectivity index (χ0n) is 11.0. The minimum absolute atomic E-state index is 0.00358. The molecule has 1 aromatic rings. The number of non-ortho nitro benzene ring substituents is 1. The maximum Gasteiger partial charge on any atom is 0.269 e. The van der Waals surface area contributed by atoms with E-state index < -0.39 is 4.92 Å². The van der Waals surface area contributed by atoms with Crippen LogP contribution in [0.5, 0.6) is 0 Å². The SMILES string of the molecule is C=C(CCl)CN1C(=O)CCCc2cc([N+](=O)[O-])ccc21. The summed E-state index contributed by atoms with van der Waals surface area (Å²) in [6.45, 7) is 4.17. The summed E-state index contributed by atoms with van der Waals surface area (Å²) in [5.74, 6) is 0.287. The van der Waals surface area contributed by atoms with Crippen molar-refractivity contribution in [3.05, 3.63) is 46.0 Å². The van der Waals surface area contributed by atoms with E-state index in [4.69, 9.17) is 11.6 Å². The molecule has 0 spiro atoms. The van der Waals surface area contributed by atoms with Crippen LogP contribution in [0.1, 0.15) is 18.4 Å². The molecule has 1 amide bonds. The summed E-state index contributed by atoms with van der Waals surface area (Å²) in [7, 11) is 0. The second-order valence-electron chi connectivity index (χ2n) is 4.79. The van der Waals surface area contributed by atoms with Crippen LogP contribution in [0.3, 0.4) is 0 Å². The number of benzene rings is 1. The smallest absolute Gasteiger partial charge is 0.269 e. The van der Waals surface area contributed by atoms with E-state index in [1.54, 1.807) is 17.0 Å². The molecule has 0 fully saturated rings. The molecule has 0 saturated carbocycles. The lowest BCUT2D eigenvalue weighted by Crippen LogP contribution is -2.32. The highest BCUT2D eigenvalue weighted by molar-refractivity contribution is 6.19. The molecule has 2 rings (SSSR count). The van der Waals surface area contributed by atoms with E-state index >= 15 is 0 Å². The van der Waals surface area contributed by atoms with Crippen molar-refractivity contribution >= 4 is 28.9 Å². The molecule has 0 saturated heterocycles. The summed E-state index contributed by atoms with van der Waals surface area (Å²) < 4.78 is 0. The van der Waals surface area contributed by atoms with Crippen LogP contribution in [0.15, 0.2) is 30.4 Å². The van der Waals surface area contributed by atoms with E-state index in [0.717, 1.165) is 16.8 Å². The third-order valence-electron chi connectivity index (χ3n) is 3.27. The van der Waals surface area contributed by atoms with Gasteiger partial charge in [-0.05, 0) is 30.0 Å². The largest absolute Gasteiger partial charge is 0.308 e. The number of nitro groups is 1. The van der Waals surface area contributed by atoms with Gasteiger partial charge in [-0.15, -0.1) is 11.6 Å². The number of aryl methyl sites for hydroxylation is 1. The fourth-order valence-corrected chi connectivity index (χ4v) is 2.37. The first-order valence-corrected chi connectivity index (χ1v) is 6.86. The first kappa shape index (κ1) is 14.5. The molecule has 0 atom stereocenters. The molecule has 6 heteroatoms. The summed E-state index contributed by atoms with van der Waals surface area (Å²) in [6.07, 6.45) is 1.78. The average molecular weight is 295 g/mol. The Labute approximate surface area is 122 Å². The van der Waals surface area contributed by atoms with Crippen LogP contribution < -0.4 is 4.90 Å². The first-order valence-electron chi connectivity index (χ1n) is 6.33. The van der Waals surface area contributed by atoms with E-state index in [2.05, 4.69) is 6.58 Å². The van der Waals surface area contributed by atoms with Gasteiger partial charge in [0.15, 0.2) is 0 Å². The Kier molecular flexibility index (Phi) is 4.39. The molecule has 1 aromatic carbocycles. The summed E-state index contributed by atoms with van der Waals surface area (Å²) in [5.41, 5.74) is 2.34. The number of nitro benzene ring substituents is 1. The highest BCUT2D eigenvalue weighted by Crippen LogP contribution is 2.30. The molecule has 1 aliphatic rings. The predicted octanol–water partition coefficient (Wildman–Crippen LogP) is 3.06. The van der Waals surface area contributed by atoms with Crippen LogP contribution >= 0.6 is 11.6 Å². The van der Waals surface area contributed by atoms with Crippen molar-refractivity contribution in [1.29, 1.82) is 0 Å². The van der Waals surface area contributed by atoms with Gasteiger partial charge in [0.1, 0.15) is 0 Å². The van der Waals surface area contributed by atoms with E-state index in [0.29, 0.717) is 25.8 Å². The summed E-state index contributed by atoms with van der Waals surface area (Å²) in [6, 6.07) is 4.61. The molecule has 106 valence electrons. The summed E-state index contributed by atoms with van der Waals surface area (Å²) in [5, 5.41) is 10.8. The van der Waals surface area contributed by atoms with E-state index in [1.807, 2.05) is 0 Å². The van der Waals surface area contributed by atoms with Crippen LogP contribution in [-0.2, 0) is 11.2 Å². The van der Waals surface area contributed by atoms with E-state index in [1.165, 1.54) is 6.07 Å². The number of carbonyl (C=O) groups excluding carboxylic acids is 1. The number of alkyl halides is 1. The summed E-state index contributed by atoms with van der Waals surface area (Å²) >= 11 is 5.73. The lowest BCUT2D eigenvalue weighted by atomic mass is 10.1. The Bertz CT molecular complexity index is 572. The van der Waals surface area contributed by atoms with Crippen molar-refractivity contribution < 1.29 is 9.72 Å². The van der Waals surface area contributed by atoms with Gasteiger partial charge in [0, 0.05) is 36.7 Å². The summed E-state index contributed by atoms with van der Waals surface area (Å²) in [4.78, 5) is 24.2. The highest BCUT2D eigenvalue weighted by atomic mass is 35.5. The molecule has 0 N–H and O–H groups in total. The molecule has 0 bridgehead atoms. The molecule has 0 aromatic heterocycles. The van der Waals surface area contributed by atoms with Crippen molar-refractivity contribution in [2.24, 2.45) is 0 Å². The number of anilines is 1. The van der Waals surface area contributed by atoms with Crippen LogP contribution in [-0.4, -0.2) is 23.3 Å². The number of hydrogen-bond donors (Lipinski definition) is 0. The van der Waals surface area contributed by atoms with Crippen LogP contribution in [0.4, 0.5) is 11.4 Å². The number of carbonyl (C=O) groups is 1. The number of rotatable bonds is 4. The highest BCUT2D eigenvalue weighted by Gasteiger charge is 2.24. The lowest BCUT2D eigenvalue weighted by Gasteiger charge is -2.23. The molecule has 0 unspecified atom stereocenters. The van der Waals surface area contributed by atoms with Gasteiger partial charge in [-0.1, -0.05) is 6.58 Å². The zero-order chi connectivity index (χ0) is 14.7. The molecular weight excluding hydrogens is 280 g/mol. The van der Waals surface area contributed by atoms with Gasteiger partial charge >= 0.3 is 0 Å².